The van der Waals surface area contributed by atoms with Crippen molar-refractivity contribution in [2.45, 2.75) is 33.0 Å². The fourth-order valence-corrected chi connectivity index (χ4v) is 3.50. The standard InChI is InChI=1S/C25H27ClFNO2/c1-18-3-6-21(19(2)13-18)15-28(14-20-4-9-23(27)10-5-20)16-24(29)17-30-25-11-7-22(26)8-12-25/h3-13,24,29H,14-17H2,1-2H3/t24-/m1/s1. The fraction of sp³-hybridized carbons (Fsp3) is 0.280. The van der Waals surface area contributed by atoms with Crippen LogP contribution in [0.1, 0.15) is 22.3 Å². The third-order valence-electron chi connectivity index (χ3n) is 4.94. The van der Waals surface area contributed by atoms with Crippen LogP contribution in [0.5, 0.6) is 5.75 Å². The maximum absolute atomic E-state index is 13.3. The number of aryl methyl sites for hydroxylation is 2. The molecule has 3 aromatic carbocycles. The predicted molar refractivity (Wildman–Crippen MR) is 119 cm³/mol. The quantitative estimate of drug-likeness (QED) is 0.486. The molecule has 0 unspecified atom stereocenters. The first-order valence-electron chi connectivity index (χ1n) is 9.98. The zero-order valence-electron chi connectivity index (χ0n) is 17.3. The molecule has 0 saturated carbocycles. The van der Waals surface area contributed by atoms with E-state index in [9.17, 15) is 9.50 Å². The molecule has 1 N–H and O–H groups in total. The molecule has 0 spiro atoms. The Labute approximate surface area is 182 Å². The molecule has 3 nitrogen and oxygen atoms in total. The van der Waals surface area contributed by atoms with E-state index in [4.69, 9.17) is 16.3 Å². The number of aliphatic hydroxyl groups excluding tert-OH is 1. The van der Waals surface area contributed by atoms with Gasteiger partial charge in [-0.1, -0.05) is 47.5 Å². The summed E-state index contributed by atoms with van der Waals surface area (Å²) in [6.07, 6.45) is -0.674. The molecule has 0 aliphatic rings. The van der Waals surface area contributed by atoms with Crippen molar-refractivity contribution in [3.05, 3.63) is 99.8 Å². The average molecular weight is 428 g/mol. The van der Waals surface area contributed by atoms with E-state index in [1.807, 2.05) is 0 Å². The van der Waals surface area contributed by atoms with Gasteiger partial charge in [0.15, 0.2) is 0 Å². The number of hydrogen-bond acceptors (Lipinski definition) is 3. The van der Waals surface area contributed by atoms with Crippen LogP contribution in [-0.4, -0.2) is 29.3 Å². The van der Waals surface area contributed by atoms with Crippen molar-refractivity contribution in [2.75, 3.05) is 13.2 Å². The number of halogens is 2. The molecule has 0 amide bonds. The van der Waals surface area contributed by atoms with Gasteiger partial charge in [0.05, 0.1) is 0 Å². The van der Waals surface area contributed by atoms with Crippen LogP contribution in [0.4, 0.5) is 4.39 Å². The lowest BCUT2D eigenvalue weighted by Gasteiger charge is -2.26. The molecule has 5 heteroatoms. The summed E-state index contributed by atoms with van der Waals surface area (Å²) in [5.41, 5.74) is 4.63. The lowest BCUT2D eigenvalue weighted by molar-refractivity contribution is 0.0628. The van der Waals surface area contributed by atoms with Gasteiger partial charge >= 0.3 is 0 Å². The number of rotatable bonds is 9. The maximum Gasteiger partial charge on any atom is 0.123 e. The molecule has 0 radical (unpaired) electrons. The summed E-state index contributed by atoms with van der Waals surface area (Å²) in [5.74, 6) is 0.411. The van der Waals surface area contributed by atoms with E-state index >= 15 is 0 Å². The topological polar surface area (TPSA) is 32.7 Å². The van der Waals surface area contributed by atoms with Crippen molar-refractivity contribution >= 4 is 11.6 Å². The van der Waals surface area contributed by atoms with Crippen molar-refractivity contribution < 1.29 is 14.2 Å². The molecule has 0 heterocycles. The fourth-order valence-electron chi connectivity index (χ4n) is 3.37. The summed E-state index contributed by atoms with van der Waals surface area (Å²) in [7, 11) is 0. The van der Waals surface area contributed by atoms with Crippen molar-refractivity contribution in [1.82, 2.24) is 4.90 Å². The van der Waals surface area contributed by atoms with Gasteiger partial charge in [-0.2, -0.15) is 0 Å². The largest absolute Gasteiger partial charge is 0.491 e. The molecule has 0 aliphatic carbocycles. The monoisotopic (exact) mass is 427 g/mol. The minimum Gasteiger partial charge on any atom is -0.491 e. The number of hydrogen-bond donors (Lipinski definition) is 1. The normalized spacial score (nSPS) is 12.2. The van der Waals surface area contributed by atoms with Crippen molar-refractivity contribution in [3.63, 3.8) is 0 Å². The van der Waals surface area contributed by atoms with Gasteiger partial charge in [0.2, 0.25) is 0 Å². The molecule has 1 atom stereocenters. The molecule has 0 bridgehead atoms. The lowest BCUT2D eigenvalue weighted by atomic mass is 10.0. The van der Waals surface area contributed by atoms with Gasteiger partial charge in [0.1, 0.15) is 24.3 Å². The smallest absolute Gasteiger partial charge is 0.123 e. The Morgan fingerprint density at radius 1 is 0.967 bits per heavy atom. The summed E-state index contributed by atoms with van der Waals surface area (Å²) >= 11 is 5.89. The summed E-state index contributed by atoms with van der Waals surface area (Å²) in [4.78, 5) is 2.15. The summed E-state index contributed by atoms with van der Waals surface area (Å²) in [5, 5.41) is 11.2. The zero-order valence-corrected chi connectivity index (χ0v) is 18.1. The number of aliphatic hydroxyl groups is 1. The van der Waals surface area contributed by atoms with E-state index < -0.39 is 6.10 Å². The summed E-state index contributed by atoms with van der Waals surface area (Å²) in [6.45, 7) is 6.06. The Morgan fingerprint density at radius 2 is 1.67 bits per heavy atom. The van der Waals surface area contributed by atoms with Gasteiger partial charge in [-0.15, -0.1) is 0 Å². The van der Waals surface area contributed by atoms with Crippen LogP contribution in [-0.2, 0) is 13.1 Å². The molecule has 0 aromatic heterocycles. The Kier molecular flexibility index (Phi) is 7.86. The van der Waals surface area contributed by atoms with Crippen LogP contribution < -0.4 is 4.74 Å². The van der Waals surface area contributed by atoms with Crippen LogP contribution in [0.2, 0.25) is 5.02 Å². The number of nitrogens with zero attached hydrogens (tertiary/aromatic N) is 1. The predicted octanol–water partition coefficient (Wildman–Crippen LogP) is 5.54. The second-order valence-corrected chi connectivity index (χ2v) is 8.08. The first-order valence-corrected chi connectivity index (χ1v) is 10.4. The first kappa shape index (κ1) is 22.3. The van der Waals surface area contributed by atoms with E-state index in [1.165, 1.54) is 28.8 Å². The summed E-state index contributed by atoms with van der Waals surface area (Å²) in [6, 6.07) is 19.9. The minimum absolute atomic E-state index is 0.175. The summed E-state index contributed by atoms with van der Waals surface area (Å²) < 4.78 is 19.0. The van der Waals surface area contributed by atoms with Crippen LogP contribution in [0.15, 0.2) is 66.7 Å². The van der Waals surface area contributed by atoms with Gasteiger partial charge in [0, 0.05) is 24.7 Å². The third kappa shape index (κ3) is 6.84. The average Bonchev–Trinajstić information content (AvgIpc) is 2.71. The SMILES string of the molecule is Cc1ccc(CN(Cc2ccc(F)cc2)C[C@@H](O)COc2ccc(Cl)cc2)c(C)c1. The van der Waals surface area contributed by atoms with Gasteiger partial charge in [0.25, 0.3) is 0 Å². The van der Waals surface area contributed by atoms with E-state index in [0.717, 1.165) is 5.56 Å². The van der Waals surface area contributed by atoms with E-state index in [1.54, 1.807) is 36.4 Å². The van der Waals surface area contributed by atoms with E-state index in [-0.39, 0.29) is 12.4 Å². The van der Waals surface area contributed by atoms with E-state index in [0.29, 0.717) is 30.4 Å². The molecule has 3 aromatic rings. The highest BCUT2D eigenvalue weighted by Gasteiger charge is 2.15. The Bertz CT molecular complexity index is 944. The highest BCUT2D eigenvalue weighted by atomic mass is 35.5. The maximum atomic E-state index is 13.3. The lowest BCUT2D eigenvalue weighted by Crippen LogP contribution is -2.35. The van der Waals surface area contributed by atoms with Gasteiger partial charge in [-0.25, -0.2) is 4.39 Å². The molecule has 158 valence electrons. The van der Waals surface area contributed by atoms with Crippen molar-refractivity contribution in [1.29, 1.82) is 0 Å². The molecule has 30 heavy (non-hydrogen) atoms. The van der Waals surface area contributed by atoms with Crippen LogP contribution >= 0.6 is 11.6 Å². The van der Waals surface area contributed by atoms with Crippen LogP contribution in [0, 0.1) is 19.7 Å². The molecular weight excluding hydrogens is 401 g/mol. The van der Waals surface area contributed by atoms with Gasteiger partial charge in [-0.3, -0.25) is 4.90 Å². The van der Waals surface area contributed by atoms with Crippen LogP contribution in [0.25, 0.3) is 0 Å². The molecule has 0 aliphatic heterocycles. The Morgan fingerprint density at radius 3 is 2.33 bits per heavy atom. The molecule has 0 saturated heterocycles. The minimum atomic E-state index is -0.674. The first-order chi connectivity index (χ1) is 14.4. The second-order valence-electron chi connectivity index (χ2n) is 7.64. The van der Waals surface area contributed by atoms with Gasteiger partial charge < -0.3 is 9.84 Å². The van der Waals surface area contributed by atoms with E-state index in [2.05, 4.69) is 36.9 Å². The molecule has 3 rings (SSSR count). The molecular formula is C25H27ClFNO2. The second kappa shape index (κ2) is 10.6. The van der Waals surface area contributed by atoms with Gasteiger partial charge in [-0.05, 0) is 66.9 Å². The molecule has 0 fully saturated rings. The van der Waals surface area contributed by atoms with Crippen molar-refractivity contribution in [3.8, 4) is 5.75 Å². The third-order valence-corrected chi connectivity index (χ3v) is 5.19. The number of benzene rings is 3. The Hall–Kier alpha value is -2.40. The number of ether oxygens (including phenoxy) is 1. The highest BCUT2D eigenvalue weighted by Crippen LogP contribution is 2.18. The van der Waals surface area contributed by atoms with Crippen molar-refractivity contribution in [2.24, 2.45) is 0 Å². The van der Waals surface area contributed by atoms with Crippen LogP contribution in [0.3, 0.4) is 0 Å². The highest BCUT2D eigenvalue weighted by molar-refractivity contribution is 6.30. The Balaban J connectivity index is 1.67. The zero-order chi connectivity index (χ0) is 21.5.